The van der Waals surface area contributed by atoms with Crippen molar-refractivity contribution in [2.45, 2.75) is 50.2 Å². The quantitative estimate of drug-likeness (QED) is 0.128. The minimum absolute atomic E-state index is 0.00415. The Morgan fingerprint density at radius 2 is 1.49 bits per heavy atom. The standard InChI is InChI=1S/C23H31N7O7/c24-14(5-7-18(25)31)21(35)29-16(6-8-19(26)32)23(37)30-17(22(36)28-11-20(33)34)9-12-10-27-15-4-2-1-3-13(12)15/h1-4,10,14,16-17,27H,5-9,11,24H2,(H2,25,31)(H2,26,32)(H,28,36)(H,29,35)(H,30,37)(H,33,34). The molecule has 3 unspecified atom stereocenters. The van der Waals surface area contributed by atoms with Gasteiger partial charge in [-0.25, -0.2) is 0 Å². The molecule has 37 heavy (non-hydrogen) atoms. The Balaban J connectivity index is 2.22. The van der Waals surface area contributed by atoms with Crippen LogP contribution in [0, 0.1) is 0 Å². The van der Waals surface area contributed by atoms with Crippen molar-refractivity contribution in [1.29, 1.82) is 0 Å². The van der Waals surface area contributed by atoms with Gasteiger partial charge in [0.1, 0.15) is 18.6 Å². The Hall–Kier alpha value is -4.46. The lowest BCUT2D eigenvalue weighted by molar-refractivity contribution is -0.138. The highest BCUT2D eigenvalue weighted by molar-refractivity contribution is 5.94. The fourth-order valence-electron chi connectivity index (χ4n) is 3.55. The van der Waals surface area contributed by atoms with Gasteiger partial charge in [-0.2, -0.15) is 0 Å². The van der Waals surface area contributed by atoms with Gasteiger partial charge in [-0.3, -0.25) is 28.8 Å². The maximum atomic E-state index is 13.1. The molecule has 0 radical (unpaired) electrons. The number of primary amides is 2. The number of nitrogens with one attached hydrogen (secondary N) is 4. The maximum absolute atomic E-state index is 13.1. The van der Waals surface area contributed by atoms with Crippen molar-refractivity contribution in [2.75, 3.05) is 6.54 Å². The zero-order chi connectivity index (χ0) is 27.5. The molecule has 0 spiro atoms. The highest BCUT2D eigenvalue weighted by Gasteiger charge is 2.29. The van der Waals surface area contributed by atoms with Gasteiger partial charge in [0, 0.05) is 36.4 Å². The lowest BCUT2D eigenvalue weighted by Crippen LogP contribution is -2.56. The molecule has 1 aromatic carbocycles. The number of aliphatic carboxylic acids is 1. The third kappa shape index (κ3) is 9.25. The molecule has 5 amide bonds. The van der Waals surface area contributed by atoms with Gasteiger partial charge in [0.25, 0.3) is 0 Å². The number of carboxylic acids is 1. The number of aromatic nitrogens is 1. The molecule has 0 aliphatic carbocycles. The Morgan fingerprint density at radius 3 is 2.14 bits per heavy atom. The third-order valence-electron chi connectivity index (χ3n) is 5.50. The lowest BCUT2D eigenvalue weighted by atomic mass is 10.0. The number of rotatable bonds is 15. The van der Waals surface area contributed by atoms with E-state index in [4.69, 9.17) is 22.3 Å². The average molecular weight is 518 g/mol. The zero-order valence-corrected chi connectivity index (χ0v) is 20.0. The number of fused-ring (bicyclic) bond motifs is 1. The molecule has 14 nitrogen and oxygen atoms in total. The summed E-state index contributed by atoms with van der Waals surface area (Å²) in [6.07, 6.45) is 1.00. The second-order valence-corrected chi connectivity index (χ2v) is 8.41. The first-order chi connectivity index (χ1) is 17.5. The summed E-state index contributed by atoms with van der Waals surface area (Å²) in [5.41, 5.74) is 17.5. The number of carbonyl (C=O) groups is 6. The molecule has 2 rings (SSSR count). The van der Waals surface area contributed by atoms with Crippen LogP contribution >= 0.6 is 0 Å². The molecule has 200 valence electrons. The van der Waals surface area contributed by atoms with E-state index >= 15 is 0 Å². The number of hydrogen-bond acceptors (Lipinski definition) is 7. The van der Waals surface area contributed by atoms with Gasteiger partial charge in [-0.1, -0.05) is 18.2 Å². The topological polar surface area (TPSA) is 253 Å². The van der Waals surface area contributed by atoms with E-state index in [1.165, 1.54) is 0 Å². The SMILES string of the molecule is NC(=O)CCC(N)C(=O)NC(CCC(N)=O)C(=O)NC(Cc1c[nH]c2ccccc12)C(=O)NCC(=O)O. The molecule has 14 heteroatoms. The number of nitrogens with two attached hydrogens (primary N) is 3. The van der Waals surface area contributed by atoms with E-state index in [-0.39, 0.29) is 32.1 Å². The number of hydrogen-bond donors (Lipinski definition) is 8. The van der Waals surface area contributed by atoms with Crippen molar-refractivity contribution >= 4 is 46.4 Å². The third-order valence-corrected chi connectivity index (χ3v) is 5.50. The summed E-state index contributed by atoms with van der Waals surface area (Å²) >= 11 is 0. The molecule has 1 aromatic heterocycles. The van der Waals surface area contributed by atoms with Crippen LogP contribution in [-0.4, -0.2) is 70.3 Å². The van der Waals surface area contributed by atoms with E-state index in [1.807, 2.05) is 18.2 Å². The molecule has 0 saturated carbocycles. The average Bonchev–Trinajstić information content (AvgIpc) is 3.25. The molecule has 0 bridgehead atoms. The van der Waals surface area contributed by atoms with Crippen molar-refractivity contribution in [3.63, 3.8) is 0 Å². The summed E-state index contributed by atoms with van der Waals surface area (Å²) in [5.74, 6) is -5.00. The summed E-state index contributed by atoms with van der Waals surface area (Å²) in [6, 6.07) is 3.60. The van der Waals surface area contributed by atoms with Crippen LogP contribution in [0.1, 0.15) is 31.2 Å². The summed E-state index contributed by atoms with van der Waals surface area (Å²) < 4.78 is 0. The van der Waals surface area contributed by atoms with Crippen LogP contribution in [-0.2, 0) is 35.2 Å². The first-order valence-electron chi connectivity index (χ1n) is 11.4. The van der Waals surface area contributed by atoms with Gasteiger partial charge in [0.05, 0.1) is 6.04 Å². The normalized spacial score (nSPS) is 13.2. The van der Waals surface area contributed by atoms with E-state index < -0.39 is 60.2 Å². The zero-order valence-electron chi connectivity index (χ0n) is 20.0. The van der Waals surface area contributed by atoms with E-state index in [1.54, 1.807) is 12.3 Å². The van der Waals surface area contributed by atoms with Crippen LogP contribution in [0.2, 0.25) is 0 Å². The number of H-pyrrole nitrogens is 1. The molecule has 1 heterocycles. The smallest absolute Gasteiger partial charge is 0.322 e. The molecule has 0 fully saturated rings. The molecule has 3 atom stereocenters. The van der Waals surface area contributed by atoms with Crippen molar-refractivity contribution in [3.05, 3.63) is 36.0 Å². The molecule has 0 aliphatic heterocycles. The van der Waals surface area contributed by atoms with Crippen LogP contribution in [0.5, 0.6) is 0 Å². The number of carboxylic acid groups (broad SMARTS) is 1. The van der Waals surface area contributed by atoms with Crippen LogP contribution in [0.25, 0.3) is 10.9 Å². The number of amides is 5. The predicted molar refractivity (Wildman–Crippen MR) is 131 cm³/mol. The Labute approximate surface area is 211 Å². The Kier molecular flexibility index (Phi) is 10.6. The van der Waals surface area contributed by atoms with Gasteiger partial charge in [0.2, 0.25) is 29.5 Å². The first kappa shape index (κ1) is 28.8. The second-order valence-electron chi connectivity index (χ2n) is 8.41. The fourth-order valence-corrected chi connectivity index (χ4v) is 3.55. The number of carbonyl (C=O) groups excluding carboxylic acids is 5. The summed E-state index contributed by atoms with van der Waals surface area (Å²) in [6.45, 7) is -0.671. The molecular formula is C23H31N7O7. The predicted octanol–water partition coefficient (Wildman–Crippen LogP) is -2.26. The minimum Gasteiger partial charge on any atom is -0.480 e. The van der Waals surface area contributed by atoms with Crippen LogP contribution in [0.3, 0.4) is 0 Å². The second kappa shape index (κ2) is 13.6. The molecular weight excluding hydrogens is 486 g/mol. The molecule has 0 saturated heterocycles. The minimum atomic E-state index is -1.29. The van der Waals surface area contributed by atoms with Crippen LogP contribution in [0.4, 0.5) is 0 Å². The van der Waals surface area contributed by atoms with Gasteiger partial charge in [-0.05, 0) is 24.5 Å². The number of aromatic amines is 1. The summed E-state index contributed by atoms with van der Waals surface area (Å²) in [5, 5.41) is 16.9. The number of para-hydroxylation sites is 1. The van der Waals surface area contributed by atoms with Gasteiger partial charge >= 0.3 is 5.97 Å². The highest BCUT2D eigenvalue weighted by atomic mass is 16.4. The van der Waals surface area contributed by atoms with E-state index in [2.05, 4.69) is 20.9 Å². The maximum Gasteiger partial charge on any atom is 0.322 e. The van der Waals surface area contributed by atoms with E-state index in [0.717, 1.165) is 10.9 Å². The molecule has 2 aromatic rings. The summed E-state index contributed by atoms with van der Waals surface area (Å²) in [4.78, 5) is 74.7. The van der Waals surface area contributed by atoms with Crippen molar-refractivity contribution < 1.29 is 33.9 Å². The van der Waals surface area contributed by atoms with Crippen molar-refractivity contribution in [2.24, 2.45) is 17.2 Å². The van der Waals surface area contributed by atoms with Crippen molar-refractivity contribution in [1.82, 2.24) is 20.9 Å². The van der Waals surface area contributed by atoms with Crippen LogP contribution in [0.15, 0.2) is 30.5 Å². The van der Waals surface area contributed by atoms with E-state index in [0.29, 0.717) is 5.56 Å². The van der Waals surface area contributed by atoms with Crippen molar-refractivity contribution in [3.8, 4) is 0 Å². The van der Waals surface area contributed by atoms with Gasteiger partial charge in [-0.15, -0.1) is 0 Å². The first-order valence-corrected chi connectivity index (χ1v) is 11.4. The van der Waals surface area contributed by atoms with E-state index in [9.17, 15) is 28.8 Å². The number of benzene rings is 1. The Morgan fingerprint density at radius 1 is 0.865 bits per heavy atom. The largest absolute Gasteiger partial charge is 0.480 e. The fraction of sp³-hybridized carbons (Fsp3) is 0.391. The molecule has 0 aliphatic rings. The van der Waals surface area contributed by atoms with Gasteiger partial charge < -0.3 is 43.2 Å². The lowest BCUT2D eigenvalue weighted by Gasteiger charge is -2.24. The van der Waals surface area contributed by atoms with Crippen LogP contribution < -0.4 is 33.2 Å². The monoisotopic (exact) mass is 517 g/mol. The molecule has 11 N–H and O–H groups in total. The highest BCUT2D eigenvalue weighted by Crippen LogP contribution is 2.19. The Bertz CT molecular complexity index is 1160. The van der Waals surface area contributed by atoms with Gasteiger partial charge in [0.15, 0.2) is 0 Å². The summed E-state index contributed by atoms with van der Waals surface area (Å²) in [7, 11) is 0.